The Bertz CT molecular complexity index is 566. The highest BCUT2D eigenvalue weighted by Crippen LogP contribution is 2.31. The van der Waals surface area contributed by atoms with E-state index in [9.17, 15) is 0 Å². The van der Waals surface area contributed by atoms with Crippen molar-refractivity contribution in [2.45, 2.75) is 39.0 Å². The molecule has 0 aliphatic carbocycles. The van der Waals surface area contributed by atoms with Crippen molar-refractivity contribution in [2.24, 2.45) is 0 Å². The Kier molecular flexibility index (Phi) is 5.22. The molecule has 0 radical (unpaired) electrons. The molecule has 0 aliphatic heterocycles. The number of hydrogen-bond donors (Lipinski definition) is 0. The van der Waals surface area contributed by atoms with Gasteiger partial charge in [0.15, 0.2) is 11.5 Å². The number of aryl methyl sites for hydroxylation is 1. The highest BCUT2D eigenvalue weighted by molar-refractivity contribution is 5.82. The minimum Gasteiger partial charge on any atom is -0.493 e. The second-order valence-electron chi connectivity index (χ2n) is 5.01. The third kappa shape index (κ3) is 3.41. The number of rotatable bonds is 7. The van der Waals surface area contributed by atoms with Gasteiger partial charge >= 0.3 is 0 Å². The van der Waals surface area contributed by atoms with Crippen LogP contribution in [0.5, 0.6) is 11.5 Å². The largest absolute Gasteiger partial charge is 0.493 e. The van der Waals surface area contributed by atoms with E-state index in [0.717, 1.165) is 34.5 Å². The molecule has 3 nitrogen and oxygen atoms in total. The van der Waals surface area contributed by atoms with Crippen molar-refractivity contribution in [3.63, 3.8) is 0 Å². The number of hydrogen-bond acceptors (Lipinski definition) is 3. The maximum atomic E-state index is 5.33. The molecule has 2 rings (SSSR count). The summed E-state index contributed by atoms with van der Waals surface area (Å²) >= 11 is 0. The Hall–Kier alpha value is -1.77. The van der Waals surface area contributed by atoms with E-state index >= 15 is 0 Å². The van der Waals surface area contributed by atoms with E-state index in [-0.39, 0.29) is 0 Å². The predicted octanol–water partition coefficient (Wildman–Crippen LogP) is 4.37. The number of benzene rings is 1. The molecule has 0 bridgehead atoms. The summed E-state index contributed by atoms with van der Waals surface area (Å²) in [6.07, 6.45) is 6.10. The lowest BCUT2D eigenvalue weighted by Gasteiger charge is -2.09. The lowest BCUT2D eigenvalue weighted by molar-refractivity contribution is 0.356. The topological polar surface area (TPSA) is 31.4 Å². The van der Waals surface area contributed by atoms with Gasteiger partial charge in [0.1, 0.15) is 0 Å². The van der Waals surface area contributed by atoms with Crippen molar-refractivity contribution >= 4 is 10.9 Å². The van der Waals surface area contributed by atoms with Crippen LogP contribution in [0.1, 0.15) is 38.3 Å². The standard InChI is InChI=1S/C17H23NO2/c1-4-5-6-7-8-14-10-9-13-11-16(19-2)17(20-3)12-15(13)18-14/h9-12H,4-8H2,1-3H3. The maximum Gasteiger partial charge on any atom is 0.162 e. The second-order valence-corrected chi connectivity index (χ2v) is 5.01. The molecule has 0 atom stereocenters. The smallest absolute Gasteiger partial charge is 0.162 e. The van der Waals surface area contributed by atoms with Gasteiger partial charge in [-0.15, -0.1) is 0 Å². The number of pyridine rings is 1. The van der Waals surface area contributed by atoms with Crippen LogP contribution in [-0.4, -0.2) is 19.2 Å². The summed E-state index contributed by atoms with van der Waals surface area (Å²) < 4.78 is 10.6. The first-order valence-corrected chi connectivity index (χ1v) is 7.30. The SMILES string of the molecule is CCCCCCc1ccc2cc(OC)c(OC)cc2n1. The summed E-state index contributed by atoms with van der Waals surface area (Å²) in [5.74, 6) is 1.48. The highest BCUT2D eigenvalue weighted by atomic mass is 16.5. The van der Waals surface area contributed by atoms with E-state index in [4.69, 9.17) is 14.5 Å². The van der Waals surface area contributed by atoms with Gasteiger partial charge in [0.2, 0.25) is 0 Å². The normalized spacial score (nSPS) is 10.8. The lowest BCUT2D eigenvalue weighted by atomic mass is 10.1. The zero-order chi connectivity index (χ0) is 14.4. The van der Waals surface area contributed by atoms with Crippen LogP contribution in [-0.2, 0) is 6.42 Å². The average molecular weight is 273 g/mol. The zero-order valence-electron chi connectivity index (χ0n) is 12.6. The summed E-state index contributed by atoms with van der Waals surface area (Å²) in [5.41, 5.74) is 2.12. The number of unbranched alkanes of at least 4 members (excludes halogenated alkanes) is 3. The molecule has 0 N–H and O–H groups in total. The van der Waals surface area contributed by atoms with E-state index < -0.39 is 0 Å². The molecule has 108 valence electrons. The fraction of sp³-hybridized carbons (Fsp3) is 0.471. The van der Waals surface area contributed by atoms with Gasteiger partial charge in [-0.1, -0.05) is 32.3 Å². The van der Waals surface area contributed by atoms with Crippen LogP contribution in [0.25, 0.3) is 10.9 Å². The first-order chi connectivity index (χ1) is 9.78. The van der Waals surface area contributed by atoms with Crippen molar-refractivity contribution in [1.82, 2.24) is 4.98 Å². The van der Waals surface area contributed by atoms with Crippen molar-refractivity contribution < 1.29 is 9.47 Å². The van der Waals surface area contributed by atoms with E-state index in [0.29, 0.717) is 0 Å². The summed E-state index contributed by atoms with van der Waals surface area (Å²) in [6.45, 7) is 2.23. The Morgan fingerprint density at radius 3 is 2.40 bits per heavy atom. The third-order valence-corrected chi connectivity index (χ3v) is 3.54. The molecular weight excluding hydrogens is 250 g/mol. The molecule has 0 spiro atoms. The van der Waals surface area contributed by atoms with Gasteiger partial charge in [-0.2, -0.15) is 0 Å². The molecule has 2 aromatic rings. The van der Waals surface area contributed by atoms with Gasteiger partial charge in [0.25, 0.3) is 0 Å². The monoisotopic (exact) mass is 273 g/mol. The fourth-order valence-electron chi connectivity index (χ4n) is 2.36. The predicted molar refractivity (Wildman–Crippen MR) is 82.7 cm³/mol. The molecule has 20 heavy (non-hydrogen) atoms. The molecule has 0 amide bonds. The Labute approximate surface area is 120 Å². The minimum atomic E-state index is 0.732. The van der Waals surface area contributed by atoms with Gasteiger partial charge in [-0.3, -0.25) is 4.98 Å². The average Bonchev–Trinajstić information content (AvgIpc) is 2.50. The molecule has 0 saturated carbocycles. The van der Waals surface area contributed by atoms with Crippen molar-refractivity contribution in [2.75, 3.05) is 14.2 Å². The van der Waals surface area contributed by atoms with Gasteiger partial charge in [0, 0.05) is 17.1 Å². The van der Waals surface area contributed by atoms with E-state index in [1.54, 1.807) is 14.2 Å². The first kappa shape index (κ1) is 14.6. The van der Waals surface area contributed by atoms with Crippen LogP contribution in [0.3, 0.4) is 0 Å². The van der Waals surface area contributed by atoms with E-state index in [1.807, 2.05) is 12.1 Å². The molecule has 1 aromatic heterocycles. The summed E-state index contributed by atoms with van der Waals surface area (Å²) in [7, 11) is 3.30. The number of methoxy groups -OCH3 is 2. The quantitative estimate of drug-likeness (QED) is 0.702. The van der Waals surface area contributed by atoms with Crippen LogP contribution in [0.15, 0.2) is 24.3 Å². The molecule has 0 saturated heterocycles. The van der Waals surface area contributed by atoms with Gasteiger partial charge in [-0.05, 0) is 25.0 Å². The van der Waals surface area contributed by atoms with Crippen LogP contribution >= 0.6 is 0 Å². The number of fused-ring (bicyclic) bond motifs is 1. The first-order valence-electron chi connectivity index (χ1n) is 7.30. The van der Waals surface area contributed by atoms with E-state index in [1.165, 1.54) is 25.7 Å². The van der Waals surface area contributed by atoms with Gasteiger partial charge in [0.05, 0.1) is 19.7 Å². The molecule has 3 heteroatoms. The summed E-state index contributed by atoms with van der Waals surface area (Å²) in [6, 6.07) is 8.14. The molecule has 0 unspecified atom stereocenters. The number of nitrogens with zero attached hydrogens (tertiary/aromatic N) is 1. The number of ether oxygens (including phenoxy) is 2. The molecule has 1 heterocycles. The number of aromatic nitrogens is 1. The van der Waals surface area contributed by atoms with Crippen LogP contribution in [0, 0.1) is 0 Å². The van der Waals surface area contributed by atoms with Crippen molar-refractivity contribution in [3.05, 3.63) is 30.0 Å². The third-order valence-electron chi connectivity index (χ3n) is 3.54. The Morgan fingerprint density at radius 2 is 1.70 bits per heavy atom. The minimum absolute atomic E-state index is 0.732. The Balaban J connectivity index is 2.20. The lowest BCUT2D eigenvalue weighted by Crippen LogP contribution is -1.94. The van der Waals surface area contributed by atoms with E-state index in [2.05, 4.69) is 19.1 Å². The molecule has 1 aromatic carbocycles. The van der Waals surface area contributed by atoms with Crippen LogP contribution in [0.2, 0.25) is 0 Å². The molecule has 0 aliphatic rings. The highest BCUT2D eigenvalue weighted by Gasteiger charge is 2.07. The molecular formula is C17H23NO2. The summed E-state index contributed by atoms with van der Waals surface area (Å²) in [4.78, 5) is 4.72. The van der Waals surface area contributed by atoms with Crippen molar-refractivity contribution in [3.8, 4) is 11.5 Å². The zero-order valence-corrected chi connectivity index (χ0v) is 12.6. The summed E-state index contributed by atoms with van der Waals surface area (Å²) in [5, 5.41) is 1.08. The van der Waals surface area contributed by atoms with Crippen molar-refractivity contribution in [1.29, 1.82) is 0 Å². The second kappa shape index (κ2) is 7.13. The van der Waals surface area contributed by atoms with Gasteiger partial charge in [-0.25, -0.2) is 0 Å². The van der Waals surface area contributed by atoms with Gasteiger partial charge < -0.3 is 9.47 Å². The molecule has 0 fully saturated rings. The maximum absolute atomic E-state index is 5.33. The van der Waals surface area contributed by atoms with Crippen LogP contribution in [0.4, 0.5) is 0 Å². The Morgan fingerprint density at radius 1 is 0.950 bits per heavy atom. The fourth-order valence-corrected chi connectivity index (χ4v) is 2.36. The van der Waals surface area contributed by atoms with Crippen LogP contribution < -0.4 is 9.47 Å².